The predicted octanol–water partition coefficient (Wildman–Crippen LogP) is 5.20. The molecule has 40 heavy (non-hydrogen) atoms. The molecule has 0 aliphatic heterocycles. The van der Waals surface area contributed by atoms with Crippen LogP contribution in [0.3, 0.4) is 0 Å². The second-order valence-corrected chi connectivity index (χ2v) is 12.2. The largest absolute Gasteiger partial charge is 0.352 e. The third-order valence-corrected chi connectivity index (χ3v) is 7.79. The van der Waals surface area contributed by atoms with E-state index in [9.17, 15) is 26.8 Å². The lowest BCUT2D eigenvalue weighted by atomic mass is 10.0. The summed E-state index contributed by atoms with van der Waals surface area (Å²) in [6.45, 7) is 2.66. The third kappa shape index (κ3) is 8.39. The lowest BCUT2D eigenvalue weighted by molar-refractivity contribution is -0.140. The zero-order valence-electron chi connectivity index (χ0n) is 22.1. The SMILES string of the molecule is CC(C)NC(=O)[C@@H](Cc1ccccc1)N(Cc1ccc(Cl)c(Cl)c1)C(=O)CN(c1ccc(F)c(F)c1)S(C)(=O)=O. The Labute approximate surface area is 242 Å². The molecule has 0 aliphatic rings. The fourth-order valence-electron chi connectivity index (χ4n) is 4.02. The Morgan fingerprint density at radius 2 is 1.57 bits per heavy atom. The molecule has 0 bridgehead atoms. The molecule has 0 radical (unpaired) electrons. The highest BCUT2D eigenvalue weighted by atomic mass is 35.5. The molecule has 214 valence electrons. The standard InChI is InChI=1S/C28H29Cl2F2N3O4S/c1-18(2)33-28(37)26(14-19-7-5-4-6-8-19)34(16-20-9-11-22(29)23(30)13-20)27(36)17-35(40(3,38)39)21-10-12-24(31)25(32)15-21/h4-13,15,18,26H,14,16-17H2,1-3H3,(H,33,37)/t26-/m1/s1. The molecule has 2 amide bonds. The van der Waals surface area contributed by atoms with Crippen LogP contribution >= 0.6 is 23.2 Å². The van der Waals surface area contributed by atoms with E-state index >= 15 is 0 Å². The van der Waals surface area contributed by atoms with E-state index < -0.39 is 46.1 Å². The smallest absolute Gasteiger partial charge is 0.244 e. The van der Waals surface area contributed by atoms with Crippen LogP contribution in [0.1, 0.15) is 25.0 Å². The van der Waals surface area contributed by atoms with Crippen LogP contribution in [-0.4, -0.2) is 50.0 Å². The van der Waals surface area contributed by atoms with E-state index in [1.807, 2.05) is 18.2 Å². The van der Waals surface area contributed by atoms with Gasteiger partial charge in [0.25, 0.3) is 0 Å². The quantitative estimate of drug-likeness (QED) is 0.323. The number of halogens is 4. The van der Waals surface area contributed by atoms with Crippen molar-refractivity contribution in [3.63, 3.8) is 0 Å². The Hall–Kier alpha value is -3.21. The third-order valence-electron chi connectivity index (χ3n) is 5.91. The normalized spacial score (nSPS) is 12.2. The number of carbonyl (C=O) groups is 2. The highest BCUT2D eigenvalue weighted by Crippen LogP contribution is 2.25. The molecule has 0 unspecified atom stereocenters. The molecule has 3 aromatic carbocycles. The maximum atomic E-state index is 14.0. The van der Waals surface area contributed by atoms with Gasteiger partial charge in [0, 0.05) is 25.1 Å². The summed E-state index contributed by atoms with van der Waals surface area (Å²) < 4.78 is 53.6. The molecule has 0 fully saturated rings. The van der Waals surface area contributed by atoms with Crippen LogP contribution in [0.2, 0.25) is 10.0 Å². The zero-order valence-corrected chi connectivity index (χ0v) is 24.4. The summed E-state index contributed by atoms with van der Waals surface area (Å²) in [5, 5.41) is 3.36. The molecular weight excluding hydrogens is 583 g/mol. The first-order valence-corrected chi connectivity index (χ1v) is 14.9. The van der Waals surface area contributed by atoms with Crippen molar-refractivity contribution in [3.8, 4) is 0 Å². The summed E-state index contributed by atoms with van der Waals surface area (Å²) >= 11 is 12.3. The van der Waals surface area contributed by atoms with E-state index in [0.29, 0.717) is 21.0 Å². The summed E-state index contributed by atoms with van der Waals surface area (Å²) in [5.74, 6) is -3.64. The average molecular weight is 613 g/mol. The fourth-order valence-corrected chi connectivity index (χ4v) is 5.19. The van der Waals surface area contributed by atoms with Gasteiger partial charge in [0.1, 0.15) is 12.6 Å². The topological polar surface area (TPSA) is 86.8 Å². The van der Waals surface area contributed by atoms with E-state index in [1.165, 1.54) is 4.90 Å². The van der Waals surface area contributed by atoms with Gasteiger partial charge in [-0.25, -0.2) is 17.2 Å². The second-order valence-electron chi connectivity index (χ2n) is 9.51. The number of rotatable bonds is 11. The van der Waals surface area contributed by atoms with Crippen LogP contribution in [0, 0.1) is 11.6 Å². The average Bonchev–Trinajstić information content (AvgIpc) is 2.88. The predicted molar refractivity (Wildman–Crippen MR) is 153 cm³/mol. The Morgan fingerprint density at radius 3 is 2.15 bits per heavy atom. The molecule has 7 nitrogen and oxygen atoms in total. The molecule has 0 saturated heterocycles. The maximum absolute atomic E-state index is 14.0. The van der Waals surface area contributed by atoms with Crippen LogP contribution in [0.15, 0.2) is 66.7 Å². The summed E-state index contributed by atoms with van der Waals surface area (Å²) in [6.07, 6.45) is 0.967. The number of nitrogens with one attached hydrogen (secondary N) is 1. The Morgan fingerprint density at radius 1 is 0.900 bits per heavy atom. The maximum Gasteiger partial charge on any atom is 0.244 e. The minimum atomic E-state index is -4.13. The first-order chi connectivity index (χ1) is 18.8. The van der Waals surface area contributed by atoms with Gasteiger partial charge in [-0.05, 0) is 49.2 Å². The van der Waals surface area contributed by atoms with E-state index in [2.05, 4.69) is 5.32 Å². The van der Waals surface area contributed by atoms with Crippen molar-refractivity contribution in [1.82, 2.24) is 10.2 Å². The summed E-state index contributed by atoms with van der Waals surface area (Å²) in [4.78, 5) is 28.6. The first-order valence-electron chi connectivity index (χ1n) is 12.3. The van der Waals surface area contributed by atoms with Gasteiger partial charge in [-0.15, -0.1) is 0 Å². The van der Waals surface area contributed by atoms with Crippen molar-refractivity contribution < 1.29 is 26.8 Å². The van der Waals surface area contributed by atoms with Crippen LogP contribution in [0.25, 0.3) is 0 Å². The molecule has 0 aromatic heterocycles. The number of anilines is 1. The highest BCUT2D eigenvalue weighted by molar-refractivity contribution is 7.92. The highest BCUT2D eigenvalue weighted by Gasteiger charge is 2.33. The molecule has 0 saturated carbocycles. The van der Waals surface area contributed by atoms with Gasteiger partial charge in [-0.3, -0.25) is 13.9 Å². The lowest BCUT2D eigenvalue weighted by Gasteiger charge is -2.34. The number of sulfonamides is 1. The van der Waals surface area contributed by atoms with Crippen molar-refractivity contribution in [2.24, 2.45) is 0 Å². The zero-order chi connectivity index (χ0) is 29.6. The first kappa shape index (κ1) is 31.3. The van der Waals surface area contributed by atoms with E-state index in [0.717, 1.165) is 24.0 Å². The van der Waals surface area contributed by atoms with Gasteiger partial charge < -0.3 is 10.2 Å². The van der Waals surface area contributed by atoms with E-state index in [4.69, 9.17) is 23.2 Å². The van der Waals surface area contributed by atoms with Gasteiger partial charge in [-0.2, -0.15) is 0 Å². The monoisotopic (exact) mass is 611 g/mol. The van der Waals surface area contributed by atoms with Crippen LogP contribution in [-0.2, 0) is 32.6 Å². The molecule has 0 spiro atoms. The van der Waals surface area contributed by atoms with Gasteiger partial charge in [0.05, 0.1) is 22.0 Å². The molecule has 0 heterocycles. The number of benzene rings is 3. The van der Waals surface area contributed by atoms with Crippen molar-refractivity contribution in [1.29, 1.82) is 0 Å². The molecule has 12 heteroatoms. The number of hydrogen-bond acceptors (Lipinski definition) is 4. The number of hydrogen-bond donors (Lipinski definition) is 1. The number of nitrogens with zero attached hydrogens (tertiary/aromatic N) is 2. The van der Waals surface area contributed by atoms with Crippen molar-refractivity contribution in [2.75, 3.05) is 17.1 Å². The van der Waals surface area contributed by atoms with Crippen LogP contribution in [0.5, 0.6) is 0 Å². The van der Waals surface area contributed by atoms with Gasteiger partial charge >= 0.3 is 0 Å². The van der Waals surface area contributed by atoms with E-state index in [1.54, 1.807) is 44.2 Å². The van der Waals surface area contributed by atoms with Gasteiger partial charge in [0.2, 0.25) is 21.8 Å². The summed E-state index contributed by atoms with van der Waals surface area (Å²) in [6, 6.07) is 15.0. The Kier molecular flexibility index (Phi) is 10.5. The molecule has 0 aliphatic carbocycles. The Bertz CT molecular complexity index is 1470. The fraction of sp³-hybridized carbons (Fsp3) is 0.286. The summed E-state index contributed by atoms with van der Waals surface area (Å²) in [7, 11) is -4.13. The van der Waals surface area contributed by atoms with Crippen molar-refractivity contribution in [2.45, 2.75) is 38.9 Å². The minimum absolute atomic E-state index is 0.117. The van der Waals surface area contributed by atoms with Crippen molar-refractivity contribution >= 4 is 50.7 Å². The van der Waals surface area contributed by atoms with Crippen LogP contribution < -0.4 is 9.62 Å². The second kappa shape index (κ2) is 13.4. The minimum Gasteiger partial charge on any atom is -0.352 e. The van der Waals surface area contributed by atoms with Gasteiger partial charge in [0.15, 0.2) is 11.6 Å². The van der Waals surface area contributed by atoms with Crippen molar-refractivity contribution in [3.05, 3.63) is 99.5 Å². The molecule has 3 rings (SSSR count). The summed E-state index contributed by atoms with van der Waals surface area (Å²) in [5.41, 5.74) is 1.06. The molecule has 3 aromatic rings. The molecule has 1 atom stereocenters. The van der Waals surface area contributed by atoms with Gasteiger partial charge in [-0.1, -0.05) is 59.6 Å². The van der Waals surface area contributed by atoms with E-state index in [-0.39, 0.29) is 29.7 Å². The molecular formula is C28H29Cl2F2N3O4S. The number of carbonyl (C=O) groups excluding carboxylic acids is 2. The Balaban J connectivity index is 2.08. The lowest BCUT2D eigenvalue weighted by Crippen LogP contribution is -2.54. The van der Waals surface area contributed by atoms with Crippen LogP contribution in [0.4, 0.5) is 14.5 Å². The molecule has 1 N–H and O–H groups in total. The number of amides is 2.